The lowest BCUT2D eigenvalue weighted by atomic mass is 9.79. The highest BCUT2D eigenvalue weighted by Crippen LogP contribution is 2.51. The first-order valence-corrected chi connectivity index (χ1v) is 13.7. The number of hydrogen-bond donors (Lipinski definition) is 0. The summed E-state index contributed by atoms with van der Waals surface area (Å²) in [4.78, 5) is 21.5. The molecule has 1 fully saturated rings. The van der Waals surface area contributed by atoms with Gasteiger partial charge in [-0.05, 0) is 61.4 Å². The van der Waals surface area contributed by atoms with Crippen molar-refractivity contribution in [3.05, 3.63) is 101 Å². The third-order valence-corrected chi connectivity index (χ3v) is 8.01. The van der Waals surface area contributed by atoms with Crippen LogP contribution in [-0.2, 0) is 4.79 Å². The van der Waals surface area contributed by atoms with Crippen molar-refractivity contribution in [2.24, 2.45) is 17.3 Å². The number of hydrogen-bond acceptors (Lipinski definition) is 2. The topological polar surface area (TPSA) is 33.2 Å². The molecule has 5 heteroatoms. The molecule has 0 saturated heterocycles. The van der Waals surface area contributed by atoms with Gasteiger partial charge >= 0.3 is 0 Å². The number of rotatable bonds is 10. The van der Waals surface area contributed by atoms with Crippen molar-refractivity contribution in [1.82, 2.24) is 9.88 Å². The quantitative estimate of drug-likeness (QED) is 0.231. The van der Waals surface area contributed by atoms with E-state index >= 15 is 0 Å². The van der Waals surface area contributed by atoms with Crippen molar-refractivity contribution in [1.29, 1.82) is 0 Å². The molecule has 0 bridgehead atoms. The fourth-order valence-corrected chi connectivity index (χ4v) is 5.74. The minimum absolute atomic E-state index is 0.0466. The van der Waals surface area contributed by atoms with Crippen LogP contribution in [0.25, 0.3) is 0 Å². The fourth-order valence-electron chi connectivity index (χ4n) is 5.35. The molecule has 1 aromatic heterocycles. The van der Waals surface area contributed by atoms with Gasteiger partial charge in [0.2, 0.25) is 5.91 Å². The van der Waals surface area contributed by atoms with Gasteiger partial charge < -0.3 is 4.90 Å². The van der Waals surface area contributed by atoms with E-state index in [1.54, 1.807) is 0 Å². The highest BCUT2D eigenvalue weighted by Gasteiger charge is 2.47. The molecule has 0 N–H and O–H groups in total. The van der Waals surface area contributed by atoms with Crippen LogP contribution in [0.2, 0.25) is 5.02 Å². The predicted octanol–water partition coefficient (Wildman–Crippen LogP) is 8.49. The van der Waals surface area contributed by atoms with Crippen LogP contribution < -0.4 is 0 Å². The normalized spacial score (nSPS) is 20.2. The number of benzene rings is 1. The van der Waals surface area contributed by atoms with Crippen LogP contribution in [0.4, 0.5) is 0 Å². The molecular weight excluding hydrogens is 487 g/mol. The first-order chi connectivity index (χ1) is 17.2. The van der Waals surface area contributed by atoms with E-state index in [9.17, 15) is 4.79 Å². The van der Waals surface area contributed by atoms with Gasteiger partial charge in [0, 0.05) is 22.6 Å². The van der Waals surface area contributed by atoms with Crippen molar-refractivity contribution in [2.45, 2.75) is 63.9 Å². The minimum Gasteiger partial charge on any atom is -0.326 e. The molecule has 1 amide bonds. The van der Waals surface area contributed by atoms with Crippen molar-refractivity contribution in [3.8, 4) is 0 Å². The average molecular weight is 524 g/mol. The predicted molar refractivity (Wildman–Crippen MR) is 150 cm³/mol. The molecule has 3 nitrogen and oxygen atoms in total. The zero-order valence-corrected chi connectivity index (χ0v) is 22.9. The monoisotopic (exact) mass is 522 g/mol. The van der Waals surface area contributed by atoms with Crippen LogP contribution in [0.3, 0.4) is 0 Å². The summed E-state index contributed by atoms with van der Waals surface area (Å²) < 4.78 is 0. The van der Waals surface area contributed by atoms with E-state index in [4.69, 9.17) is 28.2 Å². The second kappa shape index (κ2) is 11.4. The second-order valence-corrected chi connectivity index (χ2v) is 11.8. The molecule has 0 radical (unpaired) electrons. The van der Waals surface area contributed by atoms with Gasteiger partial charge in [0.1, 0.15) is 0 Å². The van der Waals surface area contributed by atoms with Crippen LogP contribution in [0, 0.1) is 17.3 Å². The molecule has 2 aromatic rings. The lowest BCUT2D eigenvalue weighted by Gasteiger charge is -2.45. The summed E-state index contributed by atoms with van der Waals surface area (Å²) in [5.74, 6) is 0.545. The second-order valence-electron chi connectivity index (χ2n) is 10.8. The van der Waals surface area contributed by atoms with Gasteiger partial charge in [0.05, 0.1) is 23.2 Å². The number of aromatic nitrogens is 1. The van der Waals surface area contributed by atoms with Gasteiger partial charge in [-0.3, -0.25) is 9.78 Å². The molecule has 4 atom stereocenters. The zero-order valence-electron chi connectivity index (χ0n) is 21.4. The van der Waals surface area contributed by atoms with Gasteiger partial charge in [-0.2, -0.15) is 0 Å². The molecule has 1 saturated carbocycles. The lowest BCUT2D eigenvalue weighted by molar-refractivity contribution is -0.148. The molecule has 0 spiro atoms. The Balaban J connectivity index is 1.90. The average Bonchev–Trinajstić information content (AvgIpc) is 3.70. The summed E-state index contributed by atoms with van der Waals surface area (Å²) >= 11 is 12.9. The lowest BCUT2D eigenvalue weighted by Crippen LogP contribution is -2.48. The van der Waals surface area contributed by atoms with E-state index in [2.05, 4.69) is 42.7 Å². The molecule has 0 aliphatic heterocycles. The van der Waals surface area contributed by atoms with E-state index in [0.717, 1.165) is 30.5 Å². The third kappa shape index (κ3) is 5.95. The van der Waals surface area contributed by atoms with Gasteiger partial charge in [-0.1, -0.05) is 80.4 Å². The molecule has 3 unspecified atom stereocenters. The Morgan fingerprint density at radius 1 is 1.22 bits per heavy atom. The maximum Gasteiger partial charge on any atom is 0.229 e. The zero-order chi connectivity index (χ0) is 25.9. The van der Waals surface area contributed by atoms with E-state index in [1.165, 1.54) is 5.57 Å². The molecule has 1 heterocycles. The van der Waals surface area contributed by atoms with Gasteiger partial charge in [0.25, 0.3) is 0 Å². The third-order valence-electron chi connectivity index (χ3n) is 7.46. The number of halogens is 2. The van der Waals surface area contributed by atoms with E-state index in [-0.39, 0.29) is 29.3 Å². The largest absolute Gasteiger partial charge is 0.326 e. The number of amides is 1. The Bertz CT molecular complexity index is 1120. The molecule has 1 aromatic carbocycles. The van der Waals surface area contributed by atoms with E-state index < -0.39 is 5.41 Å². The summed E-state index contributed by atoms with van der Waals surface area (Å²) in [5, 5.41) is 0.633. The van der Waals surface area contributed by atoms with Crippen LogP contribution >= 0.6 is 23.2 Å². The van der Waals surface area contributed by atoms with Crippen molar-refractivity contribution >= 4 is 29.1 Å². The molecule has 36 heavy (non-hydrogen) atoms. The summed E-state index contributed by atoms with van der Waals surface area (Å²) in [7, 11) is 0. The smallest absolute Gasteiger partial charge is 0.229 e. The first kappa shape index (κ1) is 26.7. The minimum atomic E-state index is -0.607. The summed E-state index contributed by atoms with van der Waals surface area (Å²) in [6.07, 6.45) is 13.4. The number of pyridine rings is 1. The summed E-state index contributed by atoms with van der Waals surface area (Å²) in [6.45, 7) is 10.2. The summed E-state index contributed by atoms with van der Waals surface area (Å²) in [5.41, 5.74) is 2.65. The molecule has 4 rings (SSSR count). The summed E-state index contributed by atoms with van der Waals surface area (Å²) in [6, 6.07) is 13.6. The van der Waals surface area contributed by atoms with Crippen molar-refractivity contribution in [2.75, 3.05) is 0 Å². The van der Waals surface area contributed by atoms with Crippen molar-refractivity contribution < 1.29 is 4.79 Å². The molecular formula is C31H36Cl2N2O. The van der Waals surface area contributed by atoms with Crippen molar-refractivity contribution in [3.63, 3.8) is 0 Å². The van der Waals surface area contributed by atoms with E-state index in [0.29, 0.717) is 17.4 Å². The Morgan fingerprint density at radius 3 is 2.53 bits per heavy atom. The Hall–Kier alpha value is -2.36. The highest BCUT2D eigenvalue weighted by atomic mass is 35.5. The highest BCUT2D eigenvalue weighted by molar-refractivity contribution is 6.30. The van der Waals surface area contributed by atoms with Crippen LogP contribution in [-0.4, -0.2) is 21.2 Å². The maximum atomic E-state index is 14.6. The van der Waals surface area contributed by atoms with Crippen LogP contribution in [0.1, 0.15) is 69.8 Å². The fraction of sp³-hybridized carbons (Fsp3) is 0.419. The number of carbonyl (C=O) groups excluding carboxylic acids is 1. The van der Waals surface area contributed by atoms with Crippen LogP contribution in [0.5, 0.6) is 0 Å². The van der Waals surface area contributed by atoms with E-state index in [1.807, 2.05) is 62.5 Å². The number of nitrogens with zero attached hydrogens (tertiary/aromatic N) is 2. The Kier molecular flexibility index (Phi) is 8.42. The number of allylic oxidation sites excluding steroid dienone is 4. The van der Waals surface area contributed by atoms with Gasteiger partial charge in [-0.15, -0.1) is 18.2 Å². The standard InChI is InChI=1S/C31H36Cl2N2O/c1-5-18-31(3,4)30(36)35(29(23-12-13-23)27-11-6-7-19-34-27)28(22-14-16-25(32)17-15-22)21(2)24-9-8-10-26(33)20-24/h5-11,14-17,19,21,23,26,28-29H,1,12-13,18,20H2,2-4H3/t21?,26-,28?,29?/m0/s1. The SMILES string of the molecule is C=CCC(C)(C)C(=O)N(C(c1ccccn1)C1CC1)C(c1ccc(Cl)cc1)C(C)C1=CC=C[C@H](Cl)C1. The van der Waals surface area contributed by atoms with Crippen LogP contribution in [0.15, 0.2) is 85.1 Å². The Morgan fingerprint density at radius 2 is 1.94 bits per heavy atom. The van der Waals surface area contributed by atoms with Gasteiger partial charge in [-0.25, -0.2) is 0 Å². The molecule has 2 aliphatic carbocycles. The number of alkyl halides is 1. The van der Waals surface area contributed by atoms with Gasteiger partial charge in [0.15, 0.2) is 0 Å². The molecule has 190 valence electrons. The Labute approximate surface area is 225 Å². The maximum absolute atomic E-state index is 14.6. The molecule has 2 aliphatic rings. The number of carbonyl (C=O) groups is 1. The first-order valence-electron chi connectivity index (χ1n) is 12.8.